The van der Waals surface area contributed by atoms with Gasteiger partial charge in [0, 0.05) is 37.8 Å². The third kappa shape index (κ3) is 3.77. The van der Waals surface area contributed by atoms with Gasteiger partial charge in [-0.15, -0.1) is 12.4 Å². The number of benzene rings is 1. The summed E-state index contributed by atoms with van der Waals surface area (Å²) in [6, 6.07) is 5.30. The first-order valence-corrected chi connectivity index (χ1v) is 8.29. The molecule has 0 aromatic heterocycles. The molecule has 2 saturated heterocycles. The van der Waals surface area contributed by atoms with Crippen LogP contribution in [0.2, 0.25) is 5.02 Å². The van der Waals surface area contributed by atoms with E-state index >= 15 is 0 Å². The number of anilines is 1. The van der Waals surface area contributed by atoms with E-state index in [4.69, 9.17) is 11.6 Å². The second-order valence-corrected chi connectivity index (χ2v) is 6.34. The number of likely N-dealkylation sites (tertiary alicyclic amines) is 1. The van der Waals surface area contributed by atoms with Gasteiger partial charge in [-0.1, -0.05) is 11.6 Å². The summed E-state index contributed by atoms with van der Waals surface area (Å²) in [5, 5.41) is 6.46. The highest BCUT2D eigenvalue weighted by molar-refractivity contribution is 6.34. The molecule has 0 bridgehead atoms. The zero-order valence-electron chi connectivity index (χ0n) is 13.5. The molecule has 2 aliphatic rings. The Kier molecular flexibility index (Phi) is 6.32. The van der Waals surface area contributed by atoms with Gasteiger partial charge in [0.05, 0.1) is 10.7 Å². The predicted molar refractivity (Wildman–Crippen MR) is 97.4 cm³/mol. The first-order chi connectivity index (χ1) is 11.1. The molecule has 0 spiro atoms. The van der Waals surface area contributed by atoms with Crippen molar-refractivity contribution in [2.75, 3.05) is 38.1 Å². The average Bonchev–Trinajstić information content (AvgIpc) is 3.00. The van der Waals surface area contributed by atoms with E-state index in [-0.39, 0.29) is 24.3 Å². The largest absolute Gasteiger partial charge is 0.337 e. The number of urea groups is 1. The molecular formula is C16H22Cl2N4O2. The summed E-state index contributed by atoms with van der Waals surface area (Å²) in [5.74, 6) is -0.0116. The number of piperidine rings is 1. The molecule has 2 heterocycles. The minimum absolute atomic E-state index is 0. The van der Waals surface area contributed by atoms with E-state index < -0.39 is 0 Å². The first-order valence-electron chi connectivity index (χ1n) is 7.91. The second-order valence-electron chi connectivity index (χ2n) is 5.93. The number of carbonyl (C=O) groups excluding carboxylic acids is 2. The molecule has 2 aliphatic heterocycles. The Morgan fingerprint density at radius 1 is 1.38 bits per heavy atom. The number of carbonyl (C=O) groups is 2. The van der Waals surface area contributed by atoms with E-state index in [2.05, 4.69) is 10.6 Å². The van der Waals surface area contributed by atoms with Gasteiger partial charge in [-0.2, -0.15) is 0 Å². The maximum Gasteiger partial charge on any atom is 0.322 e. The number of halogens is 2. The van der Waals surface area contributed by atoms with Crippen LogP contribution in [-0.2, 0) is 0 Å². The second kappa shape index (κ2) is 8.05. The standard InChI is InChI=1S/C16H21ClN4O2.ClH/c1-18-12-3-2-7-20(10-12)15(22)11-4-5-13(17)14(9-11)21-8-6-19-16(21)23;/h4-5,9,12,18H,2-3,6-8,10H2,1H3,(H,19,23);1H. The van der Waals surface area contributed by atoms with Crippen LogP contribution < -0.4 is 15.5 Å². The van der Waals surface area contributed by atoms with Crippen molar-refractivity contribution in [3.05, 3.63) is 28.8 Å². The summed E-state index contributed by atoms with van der Waals surface area (Å²) in [5.41, 5.74) is 1.16. The zero-order valence-corrected chi connectivity index (χ0v) is 15.1. The minimum Gasteiger partial charge on any atom is -0.337 e. The molecule has 0 radical (unpaired) electrons. The van der Waals surface area contributed by atoms with Crippen LogP contribution in [0.25, 0.3) is 0 Å². The number of nitrogens with zero attached hydrogens (tertiary/aromatic N) is 2. The lowest BCUT2D eigenvalue weighted by molar-refractivity contribution is 0.0698. The van der Waals surface area contributed by atoms with Crippen LogP contribution in [0.15, 0.2) is 18.2 Å². The molecule has 3 rings (SSSR count). The fourth-order valence-corrected chi connectivity index (χ4v) is 3.35. The van der Waals surface area contributed by atoms with Gasteiger partial charge >= 0.3 is 6.03 Å². The Bertz CT molecular complexity index is 626. The maximum atomic E-state index is 12.8. The van der Waals surface area contributed by atoms with E-state index in [0.717, 1.165) is 19.4 Å². The third-order valence-electron chi connectivity index (χ3n) is 4.46. The Balaban J connectivity index is 0.00000208. The quantitative estimate of drug-likeness (QED) is 0.853. The highest BCUT2D eigenvalue weighted by atomic mass is 35.5. The van der Waals surface area contributed by atoms with Crippen molar-refractivity contribution >= 4 is 41.6 Å². The van der Waals surface area contributed by atoms with Crippen molar-refractivity contribution in [1.29, 1.82) is 0 Å². The van der Waals surface area contributed by atoms with Gasteiger partial charge in [-0.05, 0) is 38.1 Å². The molecule has 8 heteroatoms. The minimum atomic E-state index is -0.176. The summed E-state index contributed by atoms with van der Waals surface area (Å²) in [4.78, 5) is 28.0. The summed E-state index contributed by atoms with van der Waals surface area (Å²) in [6.07, 6.45) is 2.08. The third-order valence-corrected chi connectivity index (χ3v) is 4.78. The zero-order chi connectivity index (χ0) is 16.4. The molecule has 1 unspecified atom stereocenters. The van der Waals surface area contributed by atoms with Crippen molar-refractivity contribution in [2.24, 2.45) is 0 Å². The predicted octanol–water partition coefficient (Wildman–Crippen LogP) is 2.12. The van der Waals surface area contributed by atoms with Gasteiger partial charge in [-0.3, -0.25) is 9.69 Å². The molecule has 2 fully saturated rings. The smallest absolute Gasteiger partial charge is 0.322 e. The Hall–Kier alpha value is -1.50. The number of nitrogens with one attached hydrogen (secondary N) is 2. The van der Waals surface area contributed by atoms with Gasteiger partial charge in [0.1, 0.15) is 0 Å². The highest BCUT2D eigenvalue weighted by Crippen LogP contribution is 2.29. The van der Waals surface area contributed by atoms with Gasteiger partial charge in [-0.25, -0.2) is 4.79 Å². The molecule has 1 aromatic carbocycles. The molecule has 3 amide bonds. The van der Waals surface area contributed by atoms with Crippen molar-refractivity contribution in [2.45, 2.75) is 18.9 Å². The van der Waals surface area contributed by atoms with Crippen LogP contribution in [-0.4, -0.2) is 56.1 Å². The van der Waals surface area contributed by atoms with Crippen LogP contribution in [0.5, 0.6) is 0 Å². The van der Waals surface area contributed by atoms with E-state index in [0.29, 0.717) is 41.9 Å². The van der Waals surface area contributed by atoms with E-state index in [9.17, 15) is 9.59 Å². The Morgan fingerprint density at radius 3 is 2.83 bits per heavy atom. The van der Waals surface area contributed by atoms with Crippen molar-refractivity contribution in [3.8, 4) is 0 Å². The van der Waals surface area contributed by atoms with Crippen molar-refractivity contribution in [3.63, 3.8) is 0 Å². The van der Waals surface area contributed by atoms with Gasteiger partial charge in [0.2, 0.25) is 0 Å². The molecule has 0 aliphatic carbocycles. The number of hydrogen-bond acceptors (Lipinski definition) is 3. The maximum absolute atomic E-state index is 12.8. The SMILES string of the molecule is CNC1CCCN(C(=O)c2ccc(Cl)c(N3CCNC3=O)c2)C1.Cl. The average molecular weight is 373 g/mol. The Morgan fingerprint density at radius 2 is 2.17 bits per heavy atom. The van der Waals surface area contributed by atoms with Crippen LogP contribution >= 0.6 is 24.0 Å². The molecule has 132 valence electrons. The van der Waals surface area contributed by atoms with Gasteiger partial charge in [0.25, 0.3) is 5.91 Å². The lowest BCUT2D eigenvalue weighted by Crippen LogP contribution is -2.47. The summed E-state index contributed by atoms with van der Waals surface area (Å²) >= 11 is 6.22. The molecular weight excluding hydrogens is 351 g/mol. The number of amides is 3. The molecule has 1 aromatic rings. The summed E-state index contributed by atoms with van der Waals surface area (Å²) in [7, 11) is 1.92. The molecule has 2 N–H and O–H groups in total. The highest BCUT2D eigenvalue weighted by Gasteiger charge is 2.27. The summed E-state index contributed by atoms with van der Waals surface area (Å²) in [6.45, 7) is 2.61. The van der Waals surface area contributed by atoms with Crippen LogP contribution in [0.3, 0.4) is 0 Å². The first kappa shape index (κ1) is 18.8. The topological polar surface area (TPSA) is 64.7 Å². The number of rotatable bonds is 3. The van der Waals surface area contributed by atoms with Crippen LogP contribution in [0.1, 0.15) is 23.2 Å². The fourth-order valence-electron chi connectivity index (χ4n) is 3.13. The van der Waals surface area contributed by atoms with Gasteiger partial charge < -0.3 is 15.5 Å². The normalized spacial score (nSPS) is 20.6. The van der Waals surface area contributed by atoms with Crippen LogP contribution in [0.4, 0.5) is 10.5 Å². The molecule has 0 saturated carbocycles. The fraction of sp³-hybridized carbons (Fsp3) is 0.500. The number of hydrogen-bond donors (Lipinski definition) is 2. The van der Waals surface area contributed by atoms with Crippen molar-refractivity contribution < 1.29 is 9.59 Å². The van der Waals surface area contributed by atoms with Crippen molar-refractivity contribution in [1.82, 2.24) is 15.5 Å². The van der Waals surface area contributed by atoms with Crippen LogP contribution in [0, 0.1) is 0 Å². The molecule has 1 atom stereocenters. The monoisotopic (exact) mass is 372 g/mol. The lowest BCUT2D eigenvalue weighted by atomic mass is 10.0. The lowest BCUT2D eigenvalue weighted by Gasteiger charge is -2.32. The molecule has 24 heavy (non-hydrogen) atoms. The van der Waals surface area contributed by atoms with E-state index in [1.165, 1.54) is 0 Å². The number of likely N-dealkylation sites (N-methyl/N-ethyl adjacent to an activating group) is 1. The van der Waals surface area contributed by atoms with Gasteiger partial charge in [0.15, 0.2) is 0 Å². The summed E-state index contributed by atoms with van der Waals surface area (Å²) < 4.78 is 0. The van der Waals surface area contributed by atoms with E-state index in [1.54, 1.807) is 23.1 Å². The molecule has 6 nitrogen and oxygen atoms in total. The van der Waals surface area contributed by atoms with E-state index in [1.807, 2.05) is 11.9 Å². The Labute approximate surface area is 152 Å².